The molecule has 1 aliphatic carbocycles. The highest BCUT2D eigenvalue weighted by Crippen LogP contribution is 2.40. The molecule has 3 aromatic rings. The van der Waals surface area contributed by atoms with Gasteiger partial charge in [-0.3, -0.25) is 4.79 Å². The molecular formula is C20H20ClN3O3S. The Hall–Kier alpha value is -2.38. The lowest BCUT2D eigenvalue weighted by atomic mass is 9.89. The monoisotopic (exact) mass is 417 g/mol. The van der Waals surface area contributed by atoms with Crippen molar-refractivity contribution in [1.82, 2.24) is 9.97 Å². The summed E-state index contributed by atoms with van der Waals surface area (Å²) in [6.45, 7) is 2.10. The second-order valence-electron chi connectivity index (χ2n) is 6.89. The van der Waals surface area contributed by atoms with E-state index in [-0.39, 0.29) is 12.5 Å². The Morgan fingerprint density at radius 2 is 2.25 bits per heavy atom. The van der Waals surface area contributed by atoms with Gasteiger partial charge in [-0.05, 0) is 48.9 Å². The predicted octanol–water partition coefficient (Wildman–Crippen LogP) is 4.50. The van der Waals surface area contributed by atoms with Crippen LogP contribution in [0.25, 0.3) is 10.2 Å². The molecule has 1 N–H and O–H groups in total. The van der Waals surface area contributed by atoms with Crippen LogP contribution in [0.1, 0.15) is 23.8 Å². The Balaban J connectivity index is 1.52. The van der Waals surface area contributed by atoms with Crippen molar-refractivity contribution in [3.63, 3.8) is 0 Å². The van der Waals surface area contributed by atoms with Gasteiger partial charge in [-0.1, -0.05) is 18.5 Å². The van der Waals surface area contributed by atoms with Gasteiger partial charge in [0.1, 0.15) is 16.9 Å². The summed E-state index contributed by atoms with van der Waals surface area (Å²) in [7, 11) is 1.54. The first-order valence-electron chi connectivity index (χ1n) is 9.06. The average molecular weight is 418 g/mol. The molecule has 1 atom stereocenters. The lowest BCUT2D eigenvalue weighted by Gasteiger charge is -2.18. The van der Waals surface area contributed by atoms with Crippen molar-refractivity contribution in [2.24, 2.45) is 5.92 Å². The van der Waals surface area contributed by atoms with Crippen molar-refractivity contribution < 1.29 is 14.3 Å². The van der Waals surface area contributed by atoms with Gasteiger partial charge in [0.15, 0.2) is 6.61 Å². The van der Waals surface area contributed by atoms with E-state index in [0.29, 0.717) is 28.3 Å². The number of thiophene rings is 1. The van der Waals surface area contributed by atoms with Crippen LogP contribution in [0.5, 0.6) is 11.6 Å². The molecule has 146 valence electrons. The Morgan fingerprint density at radius 1 is 1.39 bits per heavy atom. The number of hydrogen-bond acceptors (Lipinski definition) is 6. The normalized spacial score (nSPS) is 15.9. The number of fused-ring (bicyclic) bond motifs is 3. The van der Waals surface area contributed by atoms with Crippen molar-refractivity contribution in [1.29, 1.82) is 0 Å². The number of carbonyl (C=O) groups is 1. The minimum Gasteiger partial charge on any atom is -0.495 e. The minimum atomic E-state index is -0.315. The molecule has 1 aliphatic rings. The third-order valence-electron chi connectivity index (χ3n) is 4.83. The number of aromatic nitrogens is 2. The Bertz CT molecular complexity index is 1040. The van der Waals surface area contributed by atoms with Gasteiger partial charge in [-0.25, -0.2) is 9.97 Å². The van der Waals surface area contributed by atoms with Crippen molar-refractivity contribution in [3.05, 3.63) is 40.0 Å². The molecule has 2 aromatic heterocycles. The number of benzene rings is 1. The van der Waals surface area contributed by atoms with Crippen molar-refractivity contribution in [3.8, 4) is 11.6 Å². The fraction of sp³-hybridized carbons (Fsp3) is 0.350. The van der Waals surface area contributed by atoms with Crippen LogP contribution >= 0.6 is 22.9 Å². The second kappa shape index (κ2) is 7.93. The van der Waals surface area contributed by atoms with E-state index < -0.39 is 0 Å². The van der Waals surface area contributed by atoms with Crippen molar-refractivity contribution in [2.75, 3.05) is 19.0 Å². The van der Waals surface area contributed by atoms with Gasteiger partial charge in [0.2, 0.25) is 5.88 Å². The molecule has 4 rings (SSSR count). The summed E-state index contributed by atoms with van der Waals surface area (Å²) in [4.78, 5) is 23.3. The number of aryl methyl sites for hydroxylation is 1. The van der Waals surface area contributed by atoms with Crippen LogP contribution in [0.3, 0.4) is 0 Å². The SMILES string of the molecule is COc1ccc(Cl)cc1NC(=O)COc1ncnc2sc3c(c12)CCC(C)C3. The number of hydrogen-bond donors (Lipinski definition) is 1. The third-order valence-corrected chi connectivity index (χ3v) is 6.23. The smallest absolute Gasteiger partial charge is 0.262 e. The van der Waals surface area contributed by atoms with Crippen LogP contribution in [0.15, 0.2) is 24.5 Å². The largest absolute Gasteiger partial charge is 0.495 e. The summed E-state index contributed by atoms with van der Waals surface area (Å²) in [6, 6.07) is 5.04. The maximum absolute atomic E-state index is 12.4. The van der Waals surface area contributed by atoms with Crippen LogP contribution in [-0.2, 0) is 17.6 Å². The number of rotatable bonds is 5. The molecule has 1 amide bonds. The molecule has 0 aliphatic heterocycles. The molecule has 1 aromatic carbocycles. The standard InChI is InChI=1S/C20H20ClN3O3S/c1-11-3-5-13-16(7-11)28-20-18(13)19(22-10-23-20)27-9-17(25)24-14-8-12(21)4-6-15(14)26-2/h4,6,8,10-11H,3,5,7,9H2,1-2H3,(H,24,25). The number of halogens is 1. The van der Waals surface area contributed by atoms with E-state index in [9.17, 15) is 4.79 Å². The second-order valence-corrected chi connectivity index (χ2v) is 8.41. The van der Waals surface area contributed by atoms with Crippen LogP contribution in [0.4, 0.5) is 5.69 Å². The molecule has 0 fully saturated rings. The van der Waals surface area contributed by atoms with Gasteiger partial charge in [-0.2, -0.15) is 0 Å². The Kier molecular flexibility index (Phi) is 5.37. The molecule has 0 saturated carbocycles. The molecule has 8 heteroatoms. The van der Waals surface area contributed by atoms with E-state index in [1.54, 1.807) is 29.5 Å². The number of nitrogens with one attached hydrogen (secondary N) is 1. The summed E-state index contributed by atoms with van der Waals surface area (Å²) in [5.74, 6) is 1.36. The number of amides is 1. The van der Waals surface area contributed by atoms with E-state index in [2.05, 4.69) is 22.2 Å². The number of carbonyl (C=O) groups excluding carboxylic acids is 1. The zero-order chi connectivity index (χ0) is 19.7. The van der Waals surface area contributed by atoms with Crippen molar-refractivity contribution >= 4 is 44.7 Å². The minimum absolute atomic E-state index is 0.164. The van der Waals surface area contributed by atoms with E-state index in [4.69, 9.17) is 21.1 Å². The molecule has 1 unspecified atom stereocenters. The number of ether oxygens (including phenoxy) is 2. The van der Waals surface area contributed by atoms with Gasteiger partial charge in [0, 0.05) is 9.90 Å². The fourth-order valence-corrected chi connectivity index (χ4v) is 4.97. The zero-order valence-electron chi connectivity index (χ0n) is 15.6. The molecule has 6 nitrogen and oxygen atoms in total. The molecular weight excluding hydrogens is 398 g/mol. The highest BCUT2D eigenvalue weighted by atomic mass is 35.5. The fourth-order valence-electron chi connectivity index (χ4n) is 3.45. The van der Waals surface area contributed by atoms with Crippen molar-refractivity contribution in [2.45, 2.75) is 26.2 Å². The lowest BCUT2D eigenvalue weighted by Crippen LogP contribution is -2.21. The van der Waals surface area contributed by atoms with Gasteiger partial charge in [0.05, 0.1) is 18.2 Å². The first-order chi connectivity index (χ1) is 13.5. The van der Waals surface area contributed by atoms with Gasteiger partial charge in [-0.15, -0.1) is 11.3 Å². The molecule has 0 saturated heterocycles. The maximum atomic E-state index is 12.4. The topological polar surface area (TPSA) is 73.3 Å². The zero-order valence-corrected chi connectivity index (χ0v) is 17.2. The highest BCUT2D eigenvalue weighted by Gasteiger charge is 2.24. The predicted molar refractivity (Wildman–Crippen MR) is 111 cm³/mol. The molecule has 0 bridgehead atoms. The Labute approximate surface area is 171 Å². The van der Waals surface area contributed by atoms with Crippen LogP contribution in [0.2, 0.25) is 5.02 Å². The average Bonchev–Trinajstić information content (AvgIpc) is 3.04. The molecule has 2 heterocycles. The first kappa shape index (κ1) is 19.0. The van der Waals surface area contributed by atoms with E-state index in [1.807, 2.05) is 0 Å². The number of nitrogens with zero attached hydrogens (tertiary/aromatic N) is 2. The summed E-state index contributed by atoms with van der Waals surface area (Å²) in [6.07, 6.45) is 4.68. The summed E-state index contributed by atoms with van der Waals surface area (Å²) in [5, 5.41) is 4.22. The molecule has 0 radical (unpaired) electrons. The van der Waals surface area contributed by atoms with Crippen LogP contribution in [-0.4, -0.2) is 29.6 Å². The van der Waals surface area contributed by atoms with E-state index in [0.717, 1.165) is 29.5 Å². The van der Waals surface area contributed by atoms with Crippen LogP contribution in [0, 0.1) is 5.92 Å². The highest BCUT2D eigenvalue weighted by molar-refractivity contribution is 7.18. The number of anilines is 1. The van der Waals surface area contributed by atoms with E-state index in [1.165, 1.54) is 23.9 Å². The van der Waals surface area contributed by atoms with E-state index >= 15 is 0 Å². The molecule has 0 spiro atoms. The van der Waals surface area contributed by atoms with Gasteiger partial charge in [0.25, 0.3) is 5.91 Å². The van der Waals surface area contributed by atoms with Gasteiger partial charge >= 0.3 is 0 Å². The van der Waals surface area contributed by atoms with Gasteiger partial charge < -0.3 is 14.8 Å². The Morgan fingerprint density at radius 3 is 3.07 bits per heavy atom. The third kappa shape index (κ3) is 3.77. The summed E-state index contributed by atoms with van der Waals surface area (Å²) in [5.41, 5.74) is 1.77. The maximum Gasteiger partial charge on any atom is 0.262 e. The lowest BCUT2D eigenvalue weighted by molar-refractivity contribution is -0.118. The summed E-state index contributed by atoms with van der Waals surface area (Å²) < 4.78 is 11.0. The first-order valence-corrected chi connectivity index (χ1v) is 10.3. The molecule has 28 heavy (non-hydrogen) atoms. The number of methoxy groups -OCH3 is 1. The summed E-state index contributed by atoms with van der Waals surface area (Å²) >= 11 is 7.71. The van der Waals surface area contributed by atoms with Crippen LogP contribution < -0.4 is 14.8 Å². The quantitative estimate of drug-likeness (QED) is 0.661.